The first kappa shape index (κ1) is 10.6. The Bertz CT molecular complexity index is 500. The van der Waals surface area contributed by atoms with Crippen LogP contribution in [-0.2, 0) is 0 Å². The van der Waals surface area contributed by atoms with Crippen LogP contribution in [0.3, 0.4) is 0 Å². The van der Waals surface area contributed by atoms with Crippen LogP contribution < -0.4 is 0 Å². The highest BCUT2D eigenvalue weighted by Gasteiger charge is 1.91. The van der Waals surface area contributed by atoms with Gasteiger partial charge in [-0.25, -0.2) is 4.39 Å². The van der Waals surface area contributed by atoms with Crippen LogP contribution >= 0.6 is 0 Å². The predicted octanol–water partition coefficient (Wildman–Crippen LogP) is 3.70. The zero-order valence-corrected chi connectivity index (χ0v) is 9.02. The Morgan fingerprint density at radius 1 is 1.00 bits per heavy atom. The summed E-state index contributed by atoms with van der Waals surface area (Å²) in [5.41, 5.74) is 2.86. The molecule has 0 unspecified atom stereocenters. The van der Waals surface area contributed by atoms with Crippen LogP contribution in [-0.4, -0.2) is 4.98 Å². The molecule has 80 valence electrons. The van der Waals surface area contributed by atoms with Crippen molar-refractivity contribution in [1.29, 1.82) is 0 Å². The van der Waals surface area contributed by atoms with Gasteiger partial charge < -0.3 is 0 Å². The minimum absolute atomic E-state index is 0.217. The van der Waals surface area contributed by atoms with Crippen molar-refractivity contribution in [3.63, 3.8) is 0 Å². The fraction of sp³-hybridized carbons (Fsp3) is 0.0714. The number of hydrogen-bond donors (Lipinski definition) is 0. The Hall–Kier alpha value is -1.96. The molecule has 0 spiro atoms. The van der Waals surface area contributed by atoms with E-state index in [1.54, 1.807) is 12.1 Å². The van der Waals surface area contributed by atoms with Crippen LogP contribution in [0.4, 0.5) is 4.39 Å². The first-order valence-electron chi connectivity index (χ1n) is 5.11. The molecule has 0 aliphatic carbocycles. The van der Waals surface area contributed by atoms with Crippen molar-refractivity contribution in [2.45, 2.75) is 6.92 Å². The van der Waals surface area contributed by atoms with E-state index in [1.807, 2.05) is 37.3 Å². The van der Waals surface area contributed by atoms with Crippen LogP contribution in [0.15, 0.2) is 42.5 Å². The average molecular weight is 213 g/mol. The summed E-state index contributed by atoms with van der Waals surface area (Å²) in [7, 11) is 0. The number of aryl methyl sites for hydroxylation is 1. The molecule has 2 heteroatoms. The minimum atomic E-state index is -0.217. The van der Waals surface area contributed by atoms with Crippen LogP contribution in [0.2, 0.25) is 0 Å². The summed E-state index contributed by atoms with van der Waals surface area (Å²) in [4.78, 5) is 4.34. The lowest BCUT2D eigenvalue weighted by atomic mass is 10.2. The molecule has 2 aromatic rings. The van der Waals surface area contributed by atoms with E-state index in [9.17, 15) is 4.39 Å². The second-order valence-electron chi connectivity index (χ2n) is 3.59. The maximum Gasteiger partial charge on any atom is 0.123 e. The molecule has 1 aromatic heterocycles. The molecule has 0 bridgehead atoms. The summed E-state index contributed by atoms with van der Waals surface area (Å²) in [6.07, 6.45) is 3.83. The molecular formula is C14H12FN. The van der Waals surface area contributed by atoms with Gasteiger partial charge in [-0.1, -0.05) is 24.3 Å². The highest BCUT2D eigenvalue weighted by atomic mass is 19.1. The summed E-state index contributed by atoms with van der Waals surface area (Å²) in [5, 5.41) is 0. The van der Waals surface area contributed by atoms with Gasteiger partial charge in [-0.15, -0.1) is 0 Å². The van der Waals surface area contributed by atoms with Crippen LogP contribution in [0.5, 0.6) is 0 Å². The number of aromatic nitrogens is 1. The van der Waals surface area contributed by atoms with Crippen LogP contribution in [0, 0.1) is 12.7 Å². The SMILES string of the molecule is Cc1cccc(C=Cc2ccc(F)cc2)n1. The fourth-order valence-electron chi connectivity index (χ4n) is 1.41. The van der Waals surface area contributed by atoms with Gasteiger partial charge in [0.05, 0.1) is 5.69 Å². The number of halogens is 1. The zero-order valence-electron chi connectivity index (χ0n) is 9.02. The van der Waals surface area contributed by atoms with Gasteiger partial charge in [0, 0.05) is 5.69 Å². The monoisotopic (exact) mass is 213 g/mol. The van der Waals surface area contributed by atoms with Gasteiger partial charge in [0.1, 0.15) is 5.82 Å². The maximum atomic E-state index is 12.7. The predicted molar refractivity (Wildman–Crippen MR) is 64.3 cm³/mol. The summed E-state index contributed by atoms with van der Waals surface area (Å²) < 4.78 is 12.7. The number of hydrogen-bond acceptors (Lipinski definition) is 1. The smallest absolute Gasteiger partial charge is 0.123 e. The molecule has 0 fully saturated rings. The topological polar surface area (TPSA) is 12.9 Å². The highest BCUT2D eigenvalue weighted by Crippen LogP contribution is 2.08. The van der Waals surface area contributed by atoms with Gasteiger partial charge in [-0.2, -0.15) is 0 Å². The Morgan fingerprint density at radius 2 is 1.75 bits per heavy atom. The van der Waals surface area contributed by atoms with Crippen LogP contribution in [0.25, 0.3) is 12.2 Å². The first-order valence-corrected chi connectivity index (χ1v) is 5.11. The zero-order chi connectivity index (χ0) is 11.4. The summed E-state index contributed by atoms with van der Waals surface area (Å²) in [6, 6.07) is 12.2. The Kier molecular flexibility index (Phi) is 3.10. The quantitative estimate of drug-likeness (QED) is 0.741. The third kappa shape index (κ3) is 2.76. The Morgan fingerprint density at radius 3 is 2.44 bits per heavy atom. The van der Waals surface area contributed by atoms with Crippen molar-refractivity contribution in [2.24, 2.45) is 0 Å². The summed E-state index contributed by atoms with van der Waals surface area (Å²) in [5.74, 6) is -0.217. The molecule has 0 aliphatic rings. The number of pyridine rings is 1. The van der Waals surface area contributed by atoms with E-state index in [-0.39, 0.29) is 5.82 Å². The van der Waals surface area contributed by atoms with E-state index in [0.29, 0.717) is 0 Å². The second kappa shape index (κ2) is 4.71. The van der Waals surface area contributed by atoms with Gasteiger partial charge in [0.15, 0.2) is 0 Å². The second-order valence-corrected chi connectivity index (χ2v) is 3.59. The van der Waals surface area contributed by atoms with E-state index >= 15 is 0 Å². The van der Waals surface area contributed by atoms with Gasteiger partial charge in [-0.3, -0.25) is 4.98 Å². The van der Waals surface area contributed by atoms with Gasteiger partial charge >= 0.3 is 0 Å². The van der Waals surface area contributed by atoms with Gasteiger partial charge in [0.25, 0.3) is 0 Å². The average Bonchev–Trinajstić information content (AvgIpc) is 2.28. The van der Waals surface area contributed by atoms with Crippen molar-refractivity contribution in [1.82, 2.24) is 4.98 Å². The van der Waals surface area contributed by atoms with Crippen LogP contribution in [0.1, 0.15) is 17.0 Å². The summed E-state index contributed by atoms with van der Waals surface area (Å²) >= 11 is 0. The normalized spacial score (nSPS) is 10.9. The van der Waals surface area contributed by atoms with E-state index < -0.39 is 0 Å². The molecule has 0 saturated carbocycles. The largest absolute Gasteiger partial charge is 0.254 e. The van der Waals surface area contributed by atoms with Crippen molar-refractivity contribution in [2.75, 3.05) is 0 Å². The van der Waals surface area contributed by atoms with Crippen molar-refractivity contribution in [3.8, 4) is 0 Å². The van der Waals surface area contributed by atoms with Crippen molar-refractivity contribution in [3.05, 3.63) is 65.2 Å². The molecule has 1 nitrogen and oxygen atoms in total. The molecule has 0 saturated heterocycles. The van der Waals surface area contributed by atoms with Crippen molar-refractivity contribution >= 4 is 12.2 Å². The number of rotatable bonds is 2. The molecule has 0 amide bonds. The molecule has 16 heavy (non-hydrogen) atoms. The minimum Gasteiger partial charge on any atom is -0.254 e. The van der Waals surface area contributed by atoms with E-state index in [2.05, 4.69) is 4.98 Å². The molecule has 1 aromatic carbocycles. The molecule has 0 aliphatic heterocycles. The third-order valence-electron chi connectivity index (χ3n) is 2.23. The Balaban J connectivity index is 2.18. The van der Waals surface area contributed by atoms with E-state index in [4.69, 9.17) is 0 Å². The molecule has 1 heterocycles. The maximum absolute atomic E-state index is 12.7. The third-order valence-corrected chi connectivity index (χ3v) is 2.23. The van der Waals surface area contributed by atoms with E-state index in [0.717, 1.165) is 17.0 Å². The molecular weight excluding hydrogens is 201 g/mol. The molecule has 0 radical (unpaired) electrons. The summed E-state index contributed by atoms with van der Waals surface area (Å²) in [6.45, 7) is 1.95. The first-order chi connectivity index (χ1) is 7.74. The molecule has 0 atom stereocenters. The Labute approximate surface area is 94.3 Å². The molecule has 2 rings (SSSR count). The lowest BCUT2D eigenvalue weighted by molar-refractivity contribution is 0.628. The van der Waals surface area contributed by atoms with E-state index in [1.165, 1.54) is 12.1 Å². The van der Waals surface area contributed by atoms with Crippen molar-refractivity contribution < 1.29 is 4.39 Å². The standard InChI is InChI=1S/C14H12FN/c1-11-3-2-4-14(16-11)10-7-12-5-8-13(15)9-6-12/h2-10H,1H3. The number of benzene rings is 1. The number of nitrogens with zero attached hydrogens (tertiary/aromatic N) is 1. The lowest BCUT2D eigenvalue weighted by Gasteiger charge is -1.95. The highest BCUT2D eigenvalue weighted by molar-refractivity contribution is 5.67. The molecule has 0 N–H and O–H groups in total. The van der Waals surface area contributed by atoms with Gasteiger partial charge in [0.2, 0.25) is 0 Å². The van der Waals surface area contributed by atoms with Gasteiger partial charge in [-0.05, 0) is 42.8 Å². The fourth-order valence-corrected chi connectivity index (χ4v) is 1.41. The lowest BCUT2D eigenvalue weighted by Crippen LogP contribution is -1.83.